The van der Waals surface area contributed by atoms with E-state index in [0.29, 0.717) is 18.5 Å². The van der Waals surface area contributed by atoms with E-state index in [4.69, 9.17) is 0 Å². The van der Waals surface area contributed by atoms with E-state index in [0.717, 1.165) is 17.0 Å². The molecule has 1 fully saturated rings. The molecule has 0 aliphatic carbocycles. The minimum Gasteiger partial charge on any atom is -0.388 e. The Morgan fingerprint density at radius 2 is 2.10 bits per heavy atom. The maximum absolute atomic E-state index is 12.9. The summed E-state index contributed by atoms with van der Waals surface area (Å²) in [6, 6.07) is 12.7. The summed E-state index contributed by atoms with van der Waals surface area (Å²) in [5, 5.41) is 20.7. The molecule has 2 aromatic heterocycles. The lowest BCUT2D eigenvalue weighted by Gasteiger charge is -2.48. The molecular formula is C22H26N4O2S. The fourth-order valence-corrected chi connectivity index (χ4v) is 4.93. The number of carbonyl (C=O) groups is 1. The number of nitrogens with one attached hydrogen (secondary N) is 1. The van der Waals surface area contributed by atoms with Gasteiger partial charge in [0.25, 0.3) is 5.91 Å². The van der Waals surface area contributed by atoms with Crippen LogP contribution in [0, 0.1) is 0 Å². The van der Waals surface area contributed by atoms with Crippen molar-refractivity contribution in [1.82, 2.24) is 20.0 Å². The number of benzene rings is 1. The molecular weight excluding hydrogens is 384 g/mol. The smallest absolute Gasteiger partial charge is 0.251 e. The van der Waals surface area contributed by atoms with Gasteiger partial charge >= 0.3 is 0 Å². The molecule has 0 radical (unpaired) electrons. The number of likely N-dealkylation sites (tertiary alicyclic amines) is 1. The van der Waals surface area contributed by atoms with E-state index in [9.17, 15) is 9.90 Å². The summed E-state index contributed by atoms with van der Waals surface area (Å²) in [6.07, 6.45) is 4.46. The van der Waals surface area contributed by atoms with Crippen molar-refractivity contribution in [3.05, 3.63) is 76.2 Å². The molecule has 152 valence electrons. The highest BCUT2D eigenvalue weighted by atomic mass is 32.1. The molecule has 3 aromatic rings. The molecule has 3 atom stereocenters. The monoisotopic (exact) mass is 410 g/mol. The van der Waals surface area contributed by atoms with Crippen LogP contribution in [0.4, 0.5) is 0 Å². The van der Waals surface area contributed by atoms with Gasteiger partial charge in [-0.25, -0.2) is 0 Å². The van der Waals surface area contributed by atoms with E-state index in [2.05, 4.69) is 21.4 Å². The van der Waals surface area contributed by atoms with Crippen LogP contribution >= 0.6 is 11.3 Å². The van der Waals surface area contributed by atoms with E-state index in [1.54, 1.807) is 28.2 Å². The van der Waals surface area contributed by atoms with Crippen molar-refractivity contribution >= 4 is 17.2 Å². The average molecular weight is 411 g/mol. The number of aliphatic hydroxyl groups is 1. The van der Waals surface area contributed by atoms with Gasteiger partial charge in [-0.1, -0.05) is 24.3 Å². The normalized spacial score (nSPS) is 25.1. The predicted molar refractivity (Wildman–Crippen MR) is 114 cm³/mol. The van der Waals surface area contributed by atoms with E-state index >= 15 is 0 Å². The lowest BCUT2D eigenvalue weighted by atomic mass is 9.81. The standard InChI is InChI=1S/C22H26N4O2S/c1-22(28)10-11-26(15-16-13-23-25(2)14-16)19(18-9-6-12-29-18)20(22)24-21(27)17-7-4-3-5-8-17/h3-9,12-14,19-20,28H,10-11,15H2,1-2H3,(H,24,27). The molecule has 1 aliphatic heterocycles. The molecule has 3 heterocycles. The lowest BCUT2D eigenvalue weighted by Crippen LogP contribution is -2.62. The summed E-state index contributed by atoms with van der Waals surface area (Å²) in [7, 11) is 1.91. The first-order valence-electron chi connectivity index (χ1n) is 9.77. The van der Waals surface area contributed by atoms with Gasteiger partial charge in [0.15, 0.2) is 0 Å². The largest absolute Gasteiger partial charge is 0.388 e. The molecule has 7 heteroatoms. The maximum Gasteiger partial charge on any atom is 0.251 e. The number of rotatable bonds is 5. The van der Waals surface area contributed by atoms with Gasteiger partial charge in [0.2, 0.25) is 0 Å². The van der Waals surface area contributed by atoms with Gasteiger partial charge in [-0.05, 0) is 36.9 Å². The summed E-state index contributed by atoms with van der Waals surface area (Å²) in [5.41, 5.74) is 0.700. The number of nitrogens with zero attached hydrogens (tertiary/aromatic N) is 3. The van der Waals surface area contributed by atoms with Crippen LogP contribution in [0.2, 0.25) is 0 Å². The van der Waals surface area contributed by atoms with Crippen LogP contribution in [0.15, 0.2) is 60.2 Å². The summed E-state index contributed by atoms with van der Waals surface area (Å²) in [6.45, 7) is 3.28. The van der Waals surface area contributed by atoms with Gasteiger partial charge in [-0.2, -0.15) is 5.10 Å². The van der Waals surface area contributed by atoms with E-state index < -0.39 is 11.6 Å². The number of hydrogen-bond acceptors (Lipinski definition) is 5. The Morgan fingerprint density at radius 3 is 2.76 bits per heavy atom. The maximum atomic E-state index is 12.9. The van der Waals surface area contributed by atoms with Gasteiger partial charge in [0, 0.05) is 42.3 Å². The Hall–Kier alpha value is -2.48. The Labute approximate surface area is 174 Å². The summed E-state index contributed by atoms with van der Waals surface area (Å²) < 4.78 is 1.80. The van der Waals surface area contributed by atoms with E-state index in [1.165, 1.54) is 0 Å². The first kappa shape index (κ1) is 19.8. The molecule has 2 N–H and O–H groups in total. The third-order valence-electron chi connectivity index (χ3n) is 5.59. The first-order chi connectivity index (χ1) is 13.9. The van der Waals surface area contributed by atoms with E-state index in [1.807, 2.05) is 56.0 Å². The Bertz CT molecular complexity index is 952. The molecule has 0 spiro atoms. The molecule has 0 bridgehead atoms. The second kappa shape index (κ2) is 8.10. The number of carbonyl (C=O) groups excluding carboxylic acids is 1. The van der Waals surface area contributed by atoms with Crippen molar-refractivity contribution in [1.29, 1.82) is 0 Å². The van der Waals surface area contributed by atoms with Gasteiger partial charge in [0.05, 0.1) is 23.9 Å². The fourth-order valence-electron chi connectivity index (χ4n) is 4.03. The van der Waals surface area contributed by atoms with Crippen LogP contribution in [0.5, 0.6) is 0 Å². The highest BCUT2D eigenvalue weighted by Crippen LogP contribution is 2.39. The SMILES string of the molecule is Cn1cc(CN2CCC(C)(O)C(NC(=O)c3ccccc3)C2c2cccs2)cn1. The molecule has 3 unspecified atom stereocenters. The van der Waals surface area contributed by atoms with Crippen LogP contribution in [0.1, 0.15) is 40.2 Å². The van der Waals surface area contributed by atoms with Gasteiger partial charge in [0.1, 0.15) is 0 Å². The Balaban J connectivity index is 1.65. The Kier molecular flexibility index (Phi) is 5.54. The third-order valence-corrected chi connectivity index (χ3v) is 6.53. The number of aromatic nitrogens is 2. The number of aryl methyl sites for hydroxylation is 1. The first-order valence-corrected chi connectivity index (χ1v) is 10.7. The van der Waals surface area contributed by atoms with Gasteiger partial charge in [-0.15, -0.1) is 11.3 Å². The molecule has 1 amide bonds. The zero-order valence-corrected chi connectivity index (χ0v) is 17.5. The number of hydrogen-bond donors (Lipinski definition) is 2. The van der Waals surface area contributed by atoms with Crippen LogP contribution in [-0.2, 0) is 13.6 Å². The van der Waals surface area contributed by atoms with Crippen molar-refractivity contribution < 1.29 is 9.90 Å². The second-order valence-corrected chi connectivity index (χ2v) is 8.86. The van der Waals surface area contributed by atoms with Crippen LogP contribution in [0.3, 0.4) is 0 Å². The molecule has 0 saturated carbocycles. The zero-order chi connectivity index (χ0) is 20.4. The summed E-state index contributed by atoms with van der Waals surface area (Å²) in [5.74, 6) is -0.166. The summed E-state index contributed by atoms with van der Waals surface area (Å²) in [4.78, 5) is 16.4. The predicted octanol–water partition coefficient (Wildman–Crippen LogP) is 2.98. The van der Waals surface area contributed by atoms with Crippen LogP contribution in [-0.4, -0.2) is 43.9 Å². The molecule has 1 aliphatic rings. The average Bonchev–Trinajstić information content (AvgIpc) is 3.37. The van der Waals surface area contributed by atoms with Crippen molar-refractivity contribution in [2.75, 3.05) is 6.54 Å². The lowest BCUT2D eigenvalue weighted by molar-refractivity contribution is -0.0656. The number of amides is 1. The molecule has 29 heavy (non-hydrogen) atoms. The summed E-state index contributed by atoms with van der Waals surface area (Å²) >= 11 is 1.65. The third kappa shape index (κ3) is 4.27. The van der Waals surface area contributed by atoms with E-state index in [-0.39, 0.29) is 11.9 Å². The van der Waals surface area contributed by atoms with Crippen molar-refractivity contribution in [2.24, 2.45) is 7.05 Å². The second-order valence-electron chi connectivity index (χ2n) is 7.88. The van der Waals surface area contributed by atoms with Gasteiger partial charge < -0.3 is 10.4 Å². The minimum absolute atomic E-state index is 0.119. The van der Waals surface area contributed by atoms with Crippen LogP contribution in [0.25, 0.3) is 0 Å². The van der Waals surface area contributed by atoms with Crippen molar-refractivity contribution in [3.63, 3.8) is 0 Å². The molecule has 6 nitrogen and oxygen atoms in total. The van der Waals surface area contributed by atoms with Crippen LogP contribution < -0.4 is 5.32 Å². The fraction of sp³-hybridized carbons (Fsp3) is 0.364. The molecule has 1 saturated heterocycles. The van der Waals surface area contributed by atoms with Crippen molar-refractivity contribution in [2.45, 2.75) is 37.6 Å². The number of piperidine rings is 1. The highest BCUT2D eigenvalue weighted by molar-refractivity contribution is 7.10. The quantitative estimate of drug-likeness (QED) is 0.678. The molecule has 1 aromatic carbocycles. The Morgan fingerprint density at radius 1 is 1.31 bits per heavy atom. The topological polar surface area (TPSA) is 70.4 Å². The zero-order valence-electron chi connectivity index (χ0n) is 16.7. The minimum atomic E-state index is -1.01. The van der Waals surface area contributed by atoms with Gasteiger partial charge in [-0.3, -0.25) is 14.4 Å². The van der Waals surface area contributed by atoms with Crippen molar-refractivity contribution in [3.8, 4) is 0 Å². The number of thiophene rings is 1. The molecule has 4 rings (SSSR count). The highest BCUT2D eigenvalue weighted by Gasteiger charge is 2.46.